The Kier molecular flexibility index (Phi) is 4.16. The summed E-state index contributed by atoms with van der Waals surface area (Å²) in [4.78, 5) is 12.8. The molecule has 2 aromatic rings. The van der Waals surface area contributed by atoms with Crippen molar-refractivity contribution in [1.29, 1.82) is 0 Å². The van der Waals surface area contributed by atoms with Crippen LogP contribution in [0.15, 0.2) is 60.7 Å². The van der Waals surface area contributed by atoms with E-state index in [0.717, 1.165) is 18.4 Å². The molecule has 3 atom stereocenters. The van der Waals surface area contributed by atoms with Crippen LogP contribution in [0.25, 0.3) is 0 Å². The third-order valence-electron chi connectivity index (χ3n) is 4.45. The summed E-state index contributed by atoms with van der Waals surface area (Å²) in [7, 11) is 0. The van der Waals surface area contributed by atoms with Crippen molar-refractivity contribution in [1.82, 2.24) is 0 Å². The summed E-state index contributed by atoms with van der Waals surface area (Å²) in [6, 6.07) is 19.4. The largest absolute Gasteiger partial charge is 0.392 e. The van der Waals surface area contributed by atoms with Crippen molar-refractivity contribution in [2.75, 3.05) is 0 Å². The van der Waals surface area contributed by atoms with E-state index in [2.05, 4.69) is 12.1 Å². The third kappa shape index (κ3) is 2.91. The molecule has 0 bridgehead atoms. The number of ketones is 1. The van der Waals surface area contributed by atoms with Gasteiger partial charge in [0.05, 0.1) is 12.0 Å². The molecule has 2 heteroatoms. The highest BCUT2D eigenvalue weighted by Crippen LogP contribution is 2.39. The van der Waals surface area contributed by atoms with Crippen LogP contribution in [0, 0.1) is 5.92 Å². The Morgan fingerprint density at radius 2 is 1.52 bits per heavy atom. The van der Waals surface area contributed by atoms with E-state index >= 15 is 0 Å². The summed E-state index contributed by atoms with van der Waals surface area (Å²) in [5.74, 6) is -0.150. The van der Waals surface area contributed by atoms with Crippen LogP contribution in [-0.2, 0) is 0 Å². The molecular formula is C19H20O2. The molecule has 1 saturated carbocycles. The molecule has 0 aliphatic heterocycles. The van der Waals surface area contributed by atoms with Gasteiger partial charge in [0.2, 0.25) is 0 Å². The maximum Gasteiger partial charge on any atom is 0.169 e. The molecule has 0 radical (unpaired) electrons. The second-order valence-corrected chi connectivity index (χ2v) is 5.77. The summed E-state index contributed by atoms with van der Waals surface area (Å²) < 4.78 is 0. The van der Waals surface area contributed by atoms with E-state index in [1.54, 1.807) is 0 Å². The van der Waals surface area contributed by atoms with Crippen molar-refractivity contribution < 1.29 is 9.90 Å². The van der Waals surface area contributed by atoms with E-state index in [1.165, 1.54) is 0 Å². The fourth-order valence-corrected chi connectivity index (χ4v) is 3.40. The van der Waals surface area contributed by atoms with Crippen molar-refractivity contribution in [3.63, 3.8) is 0 Å². The van der Waals surface area contributed by atoms with E-state index in [0.29, 0.717) is 12.0 Å². The van der Waals surface area contributed by atoms with E-state index in [4.69, 9.17) is 0 Å². The van der Waals surface area contributed by atoms with Gasteiger partial charge in [-0.25, -0.2) is 0 Å². The first-order chi connectivity index (χ1) is 10.3. The van der Waals surface area contributed by atoms with Gasteiger partial charge >= 0.3 is 0 Å². The average molecular weight is 280 g/mol. The Labute approximate surface area is 125 Å². The van der Waals surface area contributed by atoms with Crippen LogP contribution in [0.4, 0.5) is 0 Å². The van der Waals surface area contributed by atoms with E-state index < -0.39 is 6.10 Å². The zero-order valence-corrected chi connectivity index (χ0v) is 12.0. The number of carbonyl (C=O) groups excluding carboxylic acids is 1. The average Bonchev–Trinajstić information content (AvgIpc) is 2.55. The molecule has 0 spiro atoms. The Morgan fingerprint density at radius 3 is 2.19 bits per heavy atom. The number of hydrogen-bond donors (Lipinski definition) is 1. The molecule has 1 aliphatic rings. The maximum atomic E-state index is 12.8. The Hall–Kier alpha value is -1.93. The molecule has 0 unspecified atom stereocenters. The van der Waals surface area contributed by atoms with E-state index in [1.807, 2.05) is 48.5 Å². The summed E-state index contributed by atoms with van der Waals surface area (Å²) in [5.41, 5.74) is 1.86. The lowest BCUT2D eigenvalue weighted by molar-refractivity contribution is 0.0445. The molecule has 108 valence electrons. The molecule has 0 saturated heterocycles. The van der Waals surface area contributed by atoms with Gasteiger partial charge in [0.1, 0.15) is 0 Å². The minimum atomic E-state index is -0.545. The minimum absolute atomic E-state index is 0.0663. The second-order valence-electron chi connectivity index (χ2n) is 5.77. The molecule has 3 rings (SSSR count). The molecule has 1 fully saturated rings. The first-order valence-electron chi connectivity index (χ1n) is 7.59. The van der Waals surface area contributed by atoms with Crippen molar-refractivity contribution in [2.24, 2.45) is 5.92 Å². The van der Waals surface area contributed by atoms with Crippen molar-refractivity contribution in [3.05, 3.63) is 71.8 Å². The zero-order chi connectivity index (χ0) is 14.7. The Bertz CT molecular complexity index is 591. The van der Waals surface area contributed by atoms with Gasteiger partial charge < -0.3 is 5.11 Å². The van der Waals surface area contributed by atoms with Crippen LogP contribution in [0.2, 0.25) is 0 Å². The number of aliphatic hydroxyl groups is 1. The molecular weight excluding hydrogens is 260 g/mol. The SMILES string of the molecule is O=C(c1ccccc1)[C@@H]1[C@H](O)CCC[C@H]1c1ccccc1. The molecule has 1 N–H and O–H groups in total. The monoisotopic (exact) mass is 280 g/mol. The number of hydrogen-bond acceptors (Lipinski definition) is 2. The minimum Gasteiger partial charge on any atom is -0.392 e. The Balaban J connectivity index is 1.94. The van der Waals surface area contributed by atoms with Crippen LogP contribution in [0.1, 0.15) is 41.1 Å². The molecule has 0 amide bonds. The number of aliphatic hydroxyl groups excluding tert-OH is 1. The van der Waals surface area contributed by atoms with Gasteiger partial charge in [-0.3, -0.25) is 4.79 Å². The van der Waals surface area contributed by atoms with Gasteiger partial charge in [-0.1, -0.05) is 67.1 Å². The highest BCUT2D eigenvalue weighted by Gasteiger charge is 2.38. The lowest BCUT2D eigenvalue weighted by Gasteiger charge is -2.35. The number of carbonyl (C=O) groups is 1. The van der Waals surface area contributed by atoms with E-state index in [-0.39, 0.29) is 17.6 Å². The molecule has 0 heterocycles. The lowest BCUT2D eigenvalue weighted by atomic mass is 9.71. The first kappa shape index (κ1) is 14.0. The smallest absolute Gasteiger partial charge is 0.169 e. The lowest BCUT2D eigenvalue weighted by Crippen LogP contribution is -2.37. The second kappa shape index (κ2) is 6.23. The number of benzene rings is 2. The Morgan fingerprint density at radius 1 is 0.905 bits per heavy atom. The van der Waals surface area contributed by atoms with Crippen molar-refractivity contribution in [3.8, 4) is 0 Å². The van der Waals surface area contributed by atoms with Crippen molar-refractivity contribution in [2.45, 2.75) is 31.3 Å². The quantitative estimate of drug-likeness (QED) is 0.868. The third-order valence-corrected chi connectivity index (χ3v) is 4.45. The molecule has 0 aromatic heterocycles. The number of Topliss-reactive ketones (excluding diaryl/α,β-unsaturated/α-hetero) is 1. The van der Waals surface area contributed by atoms with Crippen LogP contribution >= 0.6 is 0 Å². The van der Waals surface area contributed by atoms with Crippen molar-refractivity contribution >= 4 is 5.78 Å². The zero-order valence-electron chi connectivity index (χ0n) is 12.0. The van der Waals surface area contributed by atoms with Crippen LogP contribution in [0.3, 0.4) is 0 Å². The molecule has 21 heavy (non-hydrogen) atoms. The van der Waals surface area contributed by atoms with Gasteiger partial charge in [0, 0.05) is 5.56 Å². The first-order valence-corrected chi connectivity index (χ1v) is 7.59. The normalized spacial score (nSPS) is 25.5. The van der Waals surface area contributed by atoms with Crippen LogP contribution < -0.4 is 0 Å². The molecule has 2 nitrogen and oxygen atoms in total. The summed E-state index contributed by atoms with van der Waals surface area (Å²) in [6.45, 7) is 0. The highest BCUT2D eigenvalue weighted by atomic mass is 16.3. The van der Waals surface area contributed by atoms with Gasteiger partial charge in [0.15, 0.2) is 5.78 Å². The van der Waals surface area contributed by atoms with Gasteiger partial charge in [-0.2, -0.15) is 0 Å². The summed E-state index contributed by atoms with van der Waals surface area (Å²) in [6.07, 6.45) is 2.10. The number of rotatable bonds is 3. The fraction of sp³-hybridized carbons (Fsp3) is 0.316. The fourth-order valence-electron chi connectivity index (χ4n) is 3.40. The van der Waals surface area contributed by atoms with Crippen LogP contribution in [-0.4, -0.2) is 17.0 Å². The topological polar surface area (TPSA) is 37.3 Å². The summed E-state index contributed by atoms with van der Waals surface area (Å²) in [5, 5.41) is 10.4. The van der Waals surface area contributed by atoms with Gasteiger partial charge in [-0.15, -0.1) is 0 Å². The summed E-state index contributed by atoms with van der Waals surface area (Å²) >= 11 is 0. The van der Waals surface area contributed by atoms with Gasteiger partial charge in [0.25, 0.3) is 0 Å². The predicted octanol–water partition coefficient (Wildman–Crippen LogP) is 3.81. The maximum absolute atomic E-state index is 12.8. The molecule has 2 aromatic carbocycles. The standard InChI is InChI=1S/C19H20O2/c20-17-13-7-12-16(14-8-3-1-4-9-14)18(17)19(21)15-10-5-2-6-11-15/h1-6,8-11,16-18,20H,7,12-13H2/t16-,17+,18-/m0/s1. The highest BCUT2D eigenvalue weighted by molar-refractivity contribution is 5.98. The molecule has 1 aliphatic carbocycles. The van der Waals surface area contributed by atoms with Gasteiger partial charge in [-0.05, 0) is 24.3 Å². The van der Waals surface area contributed by atoms with Crippen LogP contribution in [0.5, 0.6) is 0 Å². The predicted molar refractivity (Wildman–Crippen MR) is 83.3 cm³/mol. The van der Waals surface area contributed by atoms with E-state index in [9.17, 15) is 9.90 Å².